The van der Waals surface area contributed by atoms with Crippen molar-refractivity contribution >= 4 is 11.0 Å². The Bertz CT molecular complexity index is 1220. The van der Waals surface area contributed by atoms with Crippen LogP contribution in [0.2, 0.25) is 0 Å². The molecule has 1 fully saturated rings. The van der Waals surface area contributed by atoms with Crippen LogP contribution in [0.4, 0.5) is 13.2 Å². The molecule has 1 aliphatic rings. The zero-order chi connectivity index (χ0) is 24.5. The summed E-state index contributed by atoms with van der Waals surface area (Å²) in [4.78, 5) is 14.4. The Morgan fingerprint density at radius 2 is 1.85 bits per heavy atom. The number of hydrogen-bond donors (Lipinski definition) is 2. The Morgan fingerprint density at radius 1 is 1.12 bits per heavy atom. The molecule has 8 heteroatoms. The minimum Gasteiger partial charge on any atom is -0.507 e. The lowest BCUT2D eigenvalue weighted by Gasteiger charge is -2.32. The second kappa shape index (κ2) is 9.70. The lowest BCUT2D eigenvalue weighted by atomic mass is 9.98. The lowest BCUT2D eigenvalue weighted by molar-refractivity contribution is -0.944. The van der Waals surface area contributed by atoms with Crippen LogP contribution >= 0.6 is 0 Å². The highest BCUT2D eigenvalue weighted by Crippen LogP contribution is 2.39. The van der Waals surface area contributed by atoms with Crippen LogP contribution in [0.1, 0.15) is 56.4 Å². The van der Waals surface area contributed by atoms with Crippen LogP contribution in [0, 0.1) is 0 Å². The quantitative estimate of drug-likeness (QED) is 0.512. The molecule has 2 aromatic carbocycles. The van der Waals surface area contributed by atoms with Crippen LogP contribution in [0.15, 0.2) is 45.6 Å². The average Bonchev–Trinajstić information content (AvgIpc) is 2.82. The predicted octanol–water partition coefficient (Wildman–Crippen LogP) is 5.22. The first-order valence-electron chi connectivity index (χ1n) is 11.7. The van der Waals surface area contributed by atoms with Crippen LogP contribution in [0.3, 0.4) is 0 Å². The number of halogens is 3. The maximum absolute atomic E-state index is 14.0. The molecule has 0 amide bonds. The van der Waals surface area contributed by atoms with Gasteiger partial charge in [-0.1, -0.05) is 26.0 Å². The first-order chi connectivity index (χ1) is 16.2. The van der Waals surface area contributed by atoms with Gasteiger partial charge in [-0.3, -0.25) is 4.79 Å². The van der Waals surface area contributed by atoms with Gasteiger partial charge in [0.1, 0.15) is 18.0 Å². The van der Waals surface area contributed by atoms with Crippen LogP contribution in [-0.2, 0) is 19.1 Å². The van der Waals surface area contributed by atoms with E-state index in [1.807, 2.05) is 6.92 Å². The molecule has 2 atom stereocenters. The third-order valence-corrected chi connectivity index (χ3v) is 6.68. The molecule has 182 valence electrons. The number of quaternary nitrogens is 1. The minimum atomic E-state index is -4.96. The molecule has 5 nitrogen and oxygen atoms in total. The number of aryl methyl sites for hydroxylation is 1. The van der Waals surface area contributed by atoms with Crippen molar-refractivity contribution in [3.63, 3.8) is 0 Å². The minimum absolute atomic E-state index is 0.0505. The number of aromatic hydroxyl groups is 1. The van der Waals surface area contributed by atoms with Crippen molar-refractivity contribution in [2.24, 2.45) is 0 Å². The van der Waals surface area contributed by atoms with Crippen molar-refractivity contribution in [1.29, 1.82) is 0 Å². The van der Waals surface area contributed by atoms with E-state index in [4.69, 9.17) is 9.15 Å². The smallest absolute Gasteiger partial charge is 0.453 e. The molecule has 2 unspecified atom stereocenters. The summed E-state index contributed by atoms with van der Waals surface area (Å²) in [5, 5.41) is 10.5. The number of phenolic OH excluding ortho intramolecular Hbond substituents is 1. The molecular formula is C26H29F3NO4+. The van der Waals surface area contributed by atoms with Crippen LogP contribution in [0.5, 0.6) is 17.2 Å². The molecule has 1 aliphatic heterocycles. The number of ether oxygens (including phenoxy) is 1. The van der Waals surface area contributed by atoms with Gasteiger partial charge in [0.2, 0.25) is 11.2 Å². The fourth-order valence-corrected chi connectivity index (χ4v) is 4.75. The molecule has 2 heterocycles. The molecule has 0 saturated carbocycles. The molecule has 34 heavy (non-hydrogen) atoms. The molecule has 4 rings (SSSR count). The maximum atomic E-state index is 14.0. The number of phenols is 1. The van der Waals surface area contributed by atoms with Gasteiger partial charge < -0.3 is 19.2 Å². The topological polar surface area (TPSA) is 64.1 Å². The van der Waals surface area contributed by atoms with Gasteiger partial charge in [-0.2, -0.15) is 13.2 Å². The van der Waals surface area contributed by atoms with Gasteiger partial charge in [0.15, 0.2) is 5.58 Å². The van der Waals surface area contributed by atoms with E-state index in [1.165, 1.54) is 29.2 Å². The highest BCUT2D eigenvalue weighted by Gasteiger charge is 2.41. The summed E-state index contributed by atoms with van der Waals surface area (Å²) in [5.74, 6) is -2.48. The first-order valence-corrected chi connectivity index (χ1v) is 11.7. The lowest BCUT2D eigenvalue weighted by Crippen LogP contribution is -3.15. The van der Waals surface area contributed by atoms with E-state index in [0.29, 0.717) is 6.04 Å². The maximum Gasteiger partial charge on any atom is 0.453 e. The van der Waals surface area contributed by atoms with Gasteiger partial charge in [0.05, 0.1) is 23.5 Å². The predicted molar refractivity (Wildman–Crippen MR) is 123 cm³/mol. The Kier molecular flexibility index (Phi) is 6.89. The second-order valence-electron chi connectivity index (χ2n) is 8.81. The molecule has 0 bridgehead atoms. The van der Waals surface area contributed by atoms with E-state index in [0.717, 1.165) is 44.2 Å². The average molecular weight is 477 g/mol. The highest BCUT2D eigenvalue weighted by atomic mass is 19.4. The number of rotatable bonds is 6. The summed E-state index contributed by atoms with van der Waals surface area (Å²) in [6, 6.07) is 9.47. The van der Waals surface area contributed by atoms with E-state index in [-0.39, 0.29) is 34.6 Å². The van der Waals surface area contributed by atoms with Gasteiger partial charge in [0, 0.05) is 0 Å². The van der Waals surface area contributed by atoms with Crippen LogP contribution in [0.25, 0.3) is 11.0 Å². The molecular weight excluding hydrogens is 447 g/mol. The van der Waals surface area contributed by atoms with E-state index < -0.39 is 23.1 Å². The van der Waals surface area contributed by atoms with Crippen molar-refractivity contribution < 1.29 is 32.3 Å². The van der Waals surface area contributed by atoms with Gasteiger partial charge in [0.25, 0.3) is 5.76 Å². The van der Waals surface area contributed by atoms with Crippen molar-refractivity contribution in [2.45, 2.75) is 64.7 Å². The zero-order valence-electron chi connectivity index (χ0n) is 19.3. The highest BCUT2D eigenvalue weighted by molar-refractivity contribution is 5.83. The standard InChI is InChI=1S/C26H28F3NO4/c1-3-16-8-10-18(11-9-16)33-24-22(32)19-12-13-21(31)20(23(19)34-25(24)26(27,28)29)15-30-14-6-5-7-17(30)4-2/h8-13,17,31H,3-7,14-15H2,1-2H3/p+1. The summed E-state index contributed by atoms with van der Waals surface area (Å²) >= 11 is 0. The van der Waals surface area contributed by atoms with Crippen LogP contribution < -0.4 is 15.1 Å². The molecule has 2 N–H and O–H groups in total. The molecule has 1 aromatic heterocycles. The Labute approximate surface area is 195 Å². The van der Waals surface area contributed by atoms with Crippen molar-refractivity contribution in [1.82, 2.24) is 0 Å². The summed E-state index contributed by atoms with van der Waals surface area (Å²) in [7, 11) is 0. The fraction of sp³-hybridized carbons (Fsp3) is 0.423. The molecule has 0 radical (unpaired) electrons. The molecule has 3 aromatic rings. The summed E-state index contributed by atoms with van der Waals surface area (Å²) in [6.07, 6.45) is -0.146. The van der Waals surface area contributed by atoms with Gasteiger partial charge in [-0.15, -0.1) is 0 Å². The molecule has 0 aliphatic carbocycles. The second-order valence-corrected chi connectivity index (χ2v) is 8.81. The van der Waals surface area contributed by atoms with E-state index in [9.17, 15) is 23.1 Å². The number of nitrogens with one attached hydrogen (secondary N) is 1. The molecule has 0 spiro atoms. The number of likely N-dealkylation sites (tertiary alicyclic amines) is 1. The van der Waals surface area contributed by atoms with Crippen molar-refractivity contribution in [2.75, 3.05) is 6.54 Å². The van der Waals surface area contributed by atoms with Gasteiger partial charge >= 0.3 is 6.18 Å². The van der Waals surface area contributed by atoms with E-state index in [2.05, 4.69) is 6.92 Å². The Morgan fingerprint density at radius 3 is 2.50 bits per heavy atom. The van der Waals surface area contributed by atoms with Crippen molar-refractivity contribution in [3.8, 4) is 17.2 Å². The fourth-order valence-electron chi connectivity index (χ4n) is 4.75. The first kappa shape index (κ1) is 24.1. The number of benzene rings is 2. The number of alkyl halides is 3. The van der Waals surface area contributed by atoms with Gasteiger partial charge in [-0.05, 0) is 61.9 Å². The largest absolute Gasteiger partial charge is 0.507 e. The number of piperidine rings is 1. The summed E-state index contributed by atoms with van der Waals surface area (Å²) in [6.45, 7) is 5.16. The van der Waals surface area contributed by atoms with Crippen molar-refractivity contribution in [3.05, 3.63) is 63.5 Å². The third-order valence-electron chi connectivity index (χ3n) is 6.68. The summed E-state index contributed by atoms with van der Waals surface area (Å²) in [5.41, 5.74) is 0.0444. The Hall–Kier alpha value is -3.00. The van der Waals surface area contributed by atoms with Gasteiger partial charge in [-0.25, -0.2) is 0 Å². The normalized spacial score (nSPS) is 18.9. The van der Waals surface area contributed by atoms with Crippen LogP contribution in [-0.4, -0.2) is 17.7 Å². The number of fused-ring (bicyclic) bond motifs is 1. The molecule has 1 saturated heterocycles. The zero-order valence-corrected chi connectivity index (χ0v) is 19.3. The van der Waals surface area contributed by atoms with E-state index in [1.54, 1.807) is 12.1 Å². The van der Waals surface area contributed by atoms with E-state index >= 15 is 0 Å². The SMILES string of the molecule is CCc1ccc(Oc2c(C(F)(F)F)oc3c(C[NH+]4CCCCC4CC)c(O)ccc3c2=O)cc1. The summed E-state index contributed by atoms with van der Waals surface area (Å²) < 4.78 is 52.8. The number of hydrogen-bond acceptors (Lipinski definition) is 4. The third kappa shape index (κ3) is 4.78. The monoisotopic (exact) mass is 476 g/mol. The Balaban J connectivity index is 1.84.